The number of nitrogens with zero attached hydrogens (tertiary/aromatic N) is 1. The predicted molar refractivity (Wildman–Crippen MR) is 88.0 cm³/mol. The van der Waals surface area contributed by atoms with Gasteiger partial charge in [0.1, 0.15) is 0 Å². The van der Waals surface area contributed by atoms with Crippen molar-refractivity contribution in [2.24, 2.45) is 5.92 Å². The number of carbonyl (C=O) groups excluding carboxylic acids is 1. The highest BCUT2D eigenvalue weighted by Crippen LogP contribution is 2.26. The van der Waals surface area contributed by atoms with Crippen LogP contribution < -0.4 is 11.5 Å². The van der Waals surface area contributed by atoms with Crippen molar-refractivity contribution in [3.63, 3.8) is 0 Å². The molecule has 0 spiro atoms. The Hall–Kier alpha value is -1.71. The molecule has 21 heavy (non-hydrogen) atoms. The molecule has 0 atom stereocenters. The maximum atomic E-state index is 12.9. The van der Waals surface area contributed by atoms with E-state index in [0.717, 1.165) is 25.8 Å². The first-order chi connectivity index (χ1) is 9.97. The molecule has 1 aromatic rings. The van der Waals surface area contributed by atoms with Crippen LogP contribution in [0, 0.1) is 5.92 Å². The molecular formula is C17H27N3O. The Morgan fingerprint density at radius 1 is 1.19 bits per heavy atom. The van der Waals surface area contributed by atoms with Gasteiger partial charge in [0.15, 0.2) is 0 Å². The quantitative estimate of drug-likeness (QED) is 0.817. The SMILES string of the molecule is CC(C)CCN(C(=O)c1cc(N)cc(N)c1)C1CCCC1. The van der Waals surface area contributed by atoms with Gasteiger partial charge in [-0.2, -0.15) is 0 Å². The Labute approximate surface area is 127 Å². The minimum atomic E-state index is 0.0709. The van der Waals surface area contributed by atoms with E-state index in [-0.39, 0.29) is 5.91 Å². The van der Waals surface area contributed by atoms with Crippen LogP contribution in [0.1, 0.15) is 56.3 Å². The summed E-state index contributed by atoms with van der Waals surface area (Å²) in [6.45, 7) is 5.20. The Morgan fingerprint density at radius 3 is 2.29 bits per heavy atom. The highest BCUT2D eigenvalue weighted by atomic mass is 16.2. The number of nitrogens with two attached hydrogens (primary N) is 2. The van der Waals surface area contributed by atoms with E-state index >= 15 is 0 Å². The van der Waals surface area contributed by atoms with E-state index in [0.29, 0.717) is 28.9 Å². The van der Waals surface area contributed by atoms with Gasteiger partial charge in [-0.25, -0.2) is 0 Å². The molecule has 0 saturated heterocycles. The summed E-state index contributed by atoms with van der Waals surface area (Å²) in [4.78, 5) is 14.9. The van der Waals surface area contributed by atoms with Gasteiger partial charge in [0, 0.05) is 29.5 Å². The lowest BCUT2D eigenvalue weighted by molar-refractivity contribution is 0.0672. The van der Waals surface area contributed by atoms with Gasteiger partial charge in [0.05, 0.1) is 0 Å². The third kappa shape index (κ3) is 4.13. The predicted octanol–water partition coefficient (Wildman–Crippen LogP) is 3.28. The third-order valence-electron chi connectivity index (χ3n) is 4.20. The molecule has 0 bridgehead atoms. The number of hydrogen-bond acceptors (Lipinski definition) is 3. The average Bonchev–Trinajstić information content (AvgIpc) is 2.91. The largest absolute Gasteiger partial charge is 0.399 e. The normalized spacial score (nSPS) is 15.6. The number of benzene rings is 1. The Kier molecular flexibility index (Phi) is 5.10. The van der Waals surface area contributed by atoms with E-state index < -0.39 is 0 Å². The van der Waals surface area contributed by atoms with Gasteiger partial charge in [0.25, 0.3) is 5.91 Å². The van der Waals surface area contributed by atoms with Crippen molar-refractivity contribution >= 4 is 17.3 Å². The summed E-state index contributed by atoms with van der Waals surface area (Å²) in [5, 5.41) is 0. The average molecular weight is 289 g/mol. The van der Waals surface area contributed by atoms with Crippen molar-refractivity contribution < 1.29 is 4.79 Å². The van der Waals surface area contributed by atoms with Crippen molar-refractivity contribution in [2.45, 2.75) is 52.0 Å². The van der Waals surface area contributed by atoms with Crippen LogP contribution in [0.2, 0.25) is 0 Å². The summed E-state index contributed by atoms with van der Waals surface area (Å²) in [5.41, 5.74) is 13.4. The smallest absolute Gasteiger partial charge is 0.254 e. The second-order valence-corrected chi connectivity index (χ2v) is 6.51. The molecule has 1 aromatic carbocycles. The third-order valence-corrected chi connectivity index (χ3v) is 4.20. The summed E-state index contributed by atoms with van der Waals surface area (Å²) < 4.78 is 0. The number of rotatable bonds is 5. The summed E-state index contributed by atoms with van der Waals surface area (Å²) >= 11 is 0. The summed E-state index contributed by atoms with van der Waals surface area (Å²) in [5.74, 6) is 0.661. The molecule has 0 heterocycles. The molecule has 4 nitrogen and oxygen atoms in total. The van der Waals surface area contributed by atoms with Crippen LogP contribution in [0.4, 0.5) is 11.4 Å². The van der Waals surface area contributed by atoms with Crippen LogP contribution >= 0.6 is 0 Å². The fourth-order valence-corrected chi connectivity index (χ4v) is 3.03. The minimum Gasteiger partial charge on any atom is -0.399 e. The molecule has 1 aliphatic carbocycles. The van der Waals surface area contributed by atoms with E-state index in [1.165, 1.54) is 12.8 Å². The van der Waals surface area contributed by atoms with E-state index in [1.54, 1.807) is 18.2 Å². The van der Waals surface area contributed by atoms with Crippen LogP contribution in [-0.2, 0) is 0 Å². The Balaban J connectivity index is 2.19. The first-order valence-corrected chi connectivity index (χ1v) is 7.94. The Morgan fingerprint density at radius 2 is 1.76 bits per heavy atom. The first-order valence-electron chi connectivity index (χ1n) is 7.94. The van der Waals surface area contributed by atoms with E-state index in [4.69, 9.17) is 11.5 Å². The number of carbonyl (C=O) groups is 1. The molecule has 0 radical (unpaired) electrons. The van der Waals surface area contributed by atoms with Crippen LogP contribution in [0.3, 0.4) is 0 Å². The zero-order valence-corrected chi connectivity index (χ0v) is 13.1. The maximum absolute atomic E-state index is 12.9. The number of nitrogen functional groups attached to an aromatic ring is 2. The van der Waals surface area contributed by atoms with Crippen LogP contribution in [0.5, 0.6) is 0 Å². The molecule has 1 aliphatic rings. The van der Waals surface area contributed by atoms with Crippen molar-refractivity contribution in [3.8, 4) is 0 Å². The van der Waals surface area contributed by atoms with Gasteiger partial charge in [-0.1, -0.05) is 26.7 Å². The Bertz CT molecular complexity index is 473. The fraction of sp³-hybridized carbons (Fsp3) is 0.588. The minimum absolute atomic E-state index is 0.0709. The molecule has 1 amide bonds. The molecule has 0 aliphatic heterocycles. The van der Waals surface area contributed by atoms with Gasteiger partial charge in [-0.15, -0.1) is 0 Å². The topological polar surface area (TPSA) is 72.3 Å². The molecular weight excluding hydrogens is 262 g/mol. The van der Waals surface area contributed by atoms with E-state index in [2.05, 4.69) is 13.8 Å². The molecule has 1 fully saturated rings. The van der Waals surface area contributed by atoms with Gasteiger partial charge in [-0.3, -0.25) is 4.79 Å². The maximum Gasteiger partial charge on any atom is 0.254 e. The van der Waals surface area contributed by atoms with Gasteiger partial charge in [-0.05, 0) is 43.4 Å². The zero-order chi connectivity index (χ0) is 15.4. The van der Waals surface area contributed by atoms with Gasteiger partial charge in [0.2, 0.25) is 0 Å². The lowest BCUT2D eigenvalue weighted by Gasteiger charge is -2.30. The second-order valence-electron chi connectivity index (χ2n) is 6.51. The molecule has 0 unspecified atom stereocenters. The van der Waals surface area contributed by atoms with Crippen LogP contribution in [-0.4, -0.2) is 23.4 Å². The van der Waals surface area contributed by atoms with Crippen molar-refractivity contribution in [1.29, 1.82) is 0 Å². The number of amides is 1. The fourth-order valence-electron chi connectivity index (χ4n) is 3.03. The molecule has 1 saturated carbocycles. The highest BCUT2D eigenvalue weighted by molar-refractivity contribution is 5.96. The molecule has 116 valence electrons. The summed E-state index contributed by atoms with van der Waals surface area (Å²) in [7, 11) is 0. The number of hydrogen-bond donors (Lipinski definition) is 2. The molecule has 4 N–H and O–H groups in total. The lowest BCUT2D eigenvalue weighted by atomic mass is 10.1. The zero-order valence-electron chi connectivity index (χ0n) is 13.1. The second kappa shape index (κ2) is 6.83. The monoisotopic (exact) mass is 289 g/mol. The molecule has 0 aromatic heterocycles. The van der Waals surface area contributed by atoms with Crippen molar-refractivity contribution in [3.05, 3.63) is 23.8 Å². The first kappa shape index (κ1) is 15.7. The summed E-state index contributed by atoms with van der Waals surface area (Å²) in [6.07, 6.45) is 5.69. The van der Waals surface area contributed by atoms with Crippen LogP contribution in [0.15, 0.2) is 18.2 Å². The van der Waals surface area contributed by atoms with Gasteiger partial charge < -0.3 is 16.4 Å². The number of anilines is 2. The highest BCUT2D eigenvalue weighted by Gasteiger charge is 2.27. The van der Waals surface area contributed by atoms with E-state index in [9.17, 15) is 4.79 Å². The van der Waals surface area contributed by atoms with Crippen molar-refractivity contribution in [1.82, 2.24) is 4.90 Å². The summed E-state index contributed by atoms with van der Waals surface area (Å²) in [6, 6.07) is 5.52. The van der Waals surface area contributed by atoms with E-state index in [1.807, 2.05) is 4.90 Å². The van der Waals surface area contributed by atoms with Crippen molar-refractivity contribution in [2.75, 3.05) is 18.0 Å². The molecule has 4 heteroatoms. The standard InChI is InChI=1S/C17H27N3O/c1-12(2)7-8-20(16-5-3-4-6-16)17(21)13-9-14(18)11-15(19)10-13/h9-12,16H,3-8,18-19H2,1-2H3. The lowest BCUT2D eigenvalue weighted by Crippen LogP contribution is -2.40. The van der Waals surface area contributed by atoms with Crippen LogP contribution in [0.25, 0.3) is 0 Å². The molecule has 2 rings (SSSR count). The van der Waals surface area contributed by atoms with Gasteiger partial charge >= 0.3 is 0 Å².